The number of hydrogen-bond donors (Lipinski definition) is 2. The molecule has 0 saturated heterocycles. The largest absolute Gasteiger partial charge is 0.479 e. The third-order valence-electron chi connectivity index (χ3n) is 1.93. The van der Waals surface area contributed by atoms with Gasteiger partial charge in [-0.15, -0.1) is 0 Å². The molecule has 3 nitrogen and oxygen atoms in total. The minimum Gasteiger partial charge on any atom is -0.479 e. The van der Waals surface area contributed by atoms with Crippen LogP contribution in [0.3, 0.4) is 0 Å². The zero-order valence-corrected chi connectivity index (χ0v) is 8.03. The van der Waals surface area contributed by atoms with Crippen LogP contribution < -0.4 is 0 Å². The van der Waals surface area contributed by atoms with Gasteiger partial charge in [0.25, 0.3) is 0 Å². The molecule has 16 heavy (non-hydrogen) atoms. The molecule has 0 saturated carbocycles. The van der Waals surface area contributed by atoms with Crippen LogP contribution in [0.25, 0.3) is 0 Å². The van der Waals surface area contributed by atoms with Gasteiger partial charge < -0.3 is 10.2 Å². The normalized spacial score (nSPS) is 13.5. The van der Waals surface area contributed by atoms with Crippen LogP contribution in [-0.2, 0) is 11.2 Å². The number of carboxylic acid groups (broad SMARTS) is 1. The fourth-order valence-corrected chi connectivity index (χ4v) is 1.19. The van der Waals surface area contributed by atoms with E-state index in [1.807, 2.05) is 0 Å². The molecule has 1 rings (SSSR count). The van der Waals surface area contributed by atoms with Gasteiger partial charge in [-0.25, -0.2) is 4.79 Å². The maximum Gasteiger partial charge on any atom is 0.393 e. The smallest absolute Gasteiger partial charge is 0.393 e. The summed E-state index contributed by atoms with van der Waals surface area (Å²) >= 11 is 0. The summed E-state index contributed by atoms with van der Waals surface area (Å²) < 4.78 is 36.0. The van der Waals surface area contributed by atoms with E-state index in [0.717, 1.165) is 12.1 Å². The summed E-state index contributed by atoms with van der Waals surface area (Å²) in [6.07, 6.45) is -7.08. The summed E-state index contributed by atoms with van der Waals surface area (Å²) in [5.41, 5.74) is 0.0762. The van der Waals surface area contributed by atoms with Crippen LogP contribution in [0.1, 0.15) is 17.2 Å². The lowest BCUT2D eigenvalue weighted by atomic mass is 10.1. The first-order chi connectivity index (χ1) is 7.29. The van der Waals surface area contributed by atoms with Gasteiger partial charge in [0.15, 0.2) is 6.10 Å². The Morgan fingerprint density at radius 1 is 1.25 bits per heavy atom. The van der Waals surface area contributed by atoms with Gasteiger partial charge in [-0.2, -0.15) is 13.2 Å². The third-order valence-corrected chi connectivity index (χ3v) is 1.93. The number of aliphatic hydroxyl groups excluding tert-OH is 1. The second-order valence-corrected chi connectivity index (χ2v) is 3.27. The van der Waals surface area contributed by atoms with Crippen molar-refractivity contribution in [3.05, 3.63) is 35.4 Å². The zero-order chi connectivity index (χ0) is 12.3. The molecule has 1 aromatic carbocycles. The lowest BCUT2D eigenvalue weighted by Crippen LogP contribution is -2.12. The highest BCUT2D eigenvalue weighted by molar-refractivity contribution is 5.73. The average Bonchev–Trinajstić information content (AvgIpc) is 2.15. The lowest BCUT2D eigenvalue weighted by molar-refractivity contribution is -0.147. The summed E-state index contributed by atoms with van der Waals surface area (Å²) in [6, 6.07) is 4.63. The summed E-state index contributed by atoms with van der Waals surface area (Å²) in [6.45, 7) is 0. The Morgan fingerprint density at radius 2 is 1.75 bits per heavy atom. The lowest BCUT2D eigenvalue weighted by Gasteiger charge is -2.08. The van der Waals surface area contributed by atoms with Gasteiger partial charge in [0.05, 0.1) is 6.42 Å². The quantitative estimate of drug-likeness (QED) is 0.839. The van der Waals surface area contributed by atoms with Crippen molar-refractivity contribution in [2.24, 2.45) is 0 Å². The summed E-state index contributed by atoms with van der Waals surface area (Å²) in [7, 11) is 0. The number of aliphatic hydroxyl groups is 1. The Bertz CT molecular complexity index is 370. The number of aliphatic carboxylic acids is 1. The highest BCUT2D eigenvalue weighted by atomic mass is 19.4. The van der Waals surface area contributed by atoms with Crippen LogP contribution in [0, 0.1) is 0 Å². The van der Waals surface area contributed by atoms with Crippen molar-refractivity contribution in [1.29, 1.82) is 0 Å². The van der Waals surface area contributed by atoms with Crippen molar-refractivity contribution in [2.75, 3.05) is 0 Å². The van der Waals surface area contributed by atoms with Crippen molar-refractivity contribution < 1.29 is 28.2 Å². The van der Waals surface area contributed by atoms with Crippen LogP contribution >= 0.6 is 0 Å². The Hall–Kier alpha value is -1.56. The number of carbonyl (C=O) groups is 1. The molecule has 0 radical (unpaired) electrons. The minimum absolute atomic E-state index is 0.0221. The van der Waals surface area contributed by atoms with E-state index in [1.165, 1.54) is 12.1 Å². The number of carboxylic acids is 1. The topological polar surface area (TPSA) is 57.5 Å². The van der Waals surface area contributed by atoms with E-state index in [0.29, 0.717) is 0 Å². The standard InChI is InChI=1S/C10H9F3O3/c11-10(12,13)5-6-1-3-7(4-2-6)8(14)9(15)16/h1-4,8,14H,5H2,(H,15,16). The van der Waals surface area contributed by atoms with Crippen molar-refractivity contribution in [2.45, 2.75) is 18.7 Å². The molecule has 0 bridgehead atoms. The summed E-state index contributed by atoms with van der Waals surface area (Å²) in [4.78, 5) is 10.4. The third kappa shape index (κ3) is 3.54. The van der Waals surface area contributed by atoms with Crippen LogP contribution in [0.5, 0.6) is 0 Å². The van der Waals surface area contributed by atoms with Crippen molar-refractivity contribution >= 4 is 5.97 Å². The average molecular weight is 234 g/mol. The first kappa shape index (κ1) is 12.5. The number of alkyl halides is 3. The van der Waals surface area contributed by atoms with Gasteiger partial charge in [-0.1, -0.05) is 24.3 Å². The molecule has 1 unspecified atom stereocenters. The SMILES string of the molecule is O=C(O)C(O)c1ccc(CC(F)(F)F)cc1. The molecule has 0 aliphatic carbocycles. The molecule has 1 atom stereocenters. The molecule has 0 heterocycles. The van der Waals surface area contributed by atoms with E-state index in [-0.39, 0.29) is 11.1 Å². The molecular weight excluding hydrogens is 225 g/mol. The predicted molar refractivity (Wildman–Crippen MR) is 48.8 cm³/mol. The van der Waals surface area contributed by atoms with E-state index in [2.05, 4.69) is 0 Å². The molecule has 0 aliphatic rings. The molecule has 88 valence electrons. The summed E-state index contributed by atoms with van der Waals surface area (Å²) in [5, 5.41) is 17.6. The van der Waals surface area contributed by atoms with Gasteiger partial charge in [0.1, 0.15) is 0 Å². The molecule has 0 aromatic heterocycles. The van der Waals surface area contributed by atoms with E-state index in [9.17, 15) is 18.0 Å². The number of hydrogen-bond acceptors (Lipinski definition) is 2. The van der Waals surface area contributed by atoms with Crippen molar-refractivity contribution in [3.63, 3.8) is 0 Å². The zero-order valence-electron chi connectivity index (χ0n) is 8.03. The molecule has 0 spiro atoms. The van der Waals surface area contributed by atoms with Gasteiger partial charge in [0, 0.05) is 0 Å². The van der Waals surface area contributed by atoms with Gasteiger partial charge in [0.2, 0.25) is 0 Å². The fourth-order valence-electron chi connectivity index (χ4n) is 1.19. The molecule has 2 N–H and O–H groups in total. The first-order valence-electron chi connectivity index (χ1n) is 4.36. The highest BCUT2D eigenvalue weighted by Gasteiger charge is 2.27. The van der Waals surface area contributed by atoms with E-state index in [1.54, 1.807) is 0 Å². The molecule has 0 aliphatic heterocycles. The Labute approximate surface area is 89.1 Å². The summed E-state index contributed by atoms with van der Waals surface area (Å²) in [5.74, 6) is -1.44. The molecular formula is C10H9F3O3. The number of benzene rings is 1. The van der Waals surface area contributed by atoms with Crippen molar-refractivity contribution in [1.82, 2.24) is 0 Å². The second-order valence-electron chi connectivity index (χ2n) is 3.27. The van der Waals surface area contributed by atoms with Crippen molar-refractivity contribution in [3.8, 4) is 0 Å². The number of halogens is 3. The van der Waals surface area contributed by atoms with E-state index < -0.39 is 24.7 Å². The minimum atomic E-state index is -4.30. The van der Waals surface area contributed by atoms with Gasteiger partial charge >= 0.3 is 12.1 Å². The predicted octanol–water partition coefficient (Wildman–Crippen LogP) is 1.91. The Morgan fingerprint density at radius 3 is 2.12 bits per heavy atom. The molecule has 0 fully saturated rings. The Balaban J connectivity index is 2.79. The maximum absolute atomic E-state index is 12.0. The van der Waals surface area contributed by atoms with Gasteiger partial charge in [-0.05, 0) is 11.1 Å². The first-order valence-corrected chi connectivity index (χ1v) is 4.36. The van der Waals surface area contributed by atoms with Crippen LogP contribution in [0.2, 0.25) is 0 Å². The van der Waals surface area contributed by atoms with Gasteiger partial charge in [-0.3, -0.25) is 0 Å². The van der Waals surface area contributed by atoms with E-state index >= 15 is 0 Å². The second kappa shape index (κ2) is 4.52. The molecule has 1 aromatic rings. The Kier molecular flexibility index (Phi) is 3.54. The van der Waals surface area contributed by atoms with Crippen LogP contribution in [0.4, 0.5) is 13.2 Å². The molecule has 6 heteroatoms. The fraction of sp³-hybridized carbons (Fsp3) is 0.300. The molecule has 0 amide bonds. The van der Waals surface area contributed by atoms with E-state index in [4.69, 9.17) is 10.2 Å². The number of rotatable bonds is 3. The highest BCUT2D eigenvalue weighted by Crippen LogP contribution is 2.22. The monoisotopic (exact) mass is 234 g/mol. The van der Waals surface area contributed by atoms with Crippen LogP contribution in [-0.4, -0.2) is 22.4 Å². The maximum atomic E-state index is 12.0. The van der Waals surface area contributed by atoms with Crippen LogP contribution in [0.15, 0.2) is 24.3 Å².